The Morgan fingerprint density at radius 2 is 1.78 bits per heavy atom. The molecule has 0 bridgehead atoms. The molecule has 1 atom stereocenters. The van der Waals surface area contributed by atoms with Gasteiger partial charge in [0.15, 0.2) is 6.04 Å². The van der Waals surface area contributed by atoms with Crippen molar-refractivity contribution in [2.45, 2.75) is 44.7 Å². The van der Waals surface area contributed by atoms with Gasteiger partial charge in [-0.3, -0.25) is 14.6 Å². The third kappa shape index (κ3) is 4.73. The van der Waals surface area contributed by atoms with Gasteiger partial charge in [0.1, 0.15) is 0 Å². The van der Waals surface area contributed by atoms with Gasteiger partial charge >= 0.3 is 0 Å². The molecule has 1 unspecified atom stereocenters. The molecule has 2 amide bonds. The fourth-order valence-electron chi connectivity index (χ4n) is 3.77. The highest BCUT2D eigenvalue weighted by atomic mass is 16.2. The van der Waals surface area contributed by atoms with Gasteiger partial charge in [-0.15, -0.1) is 0 Å². The average Bonchev–Trinajstić information content (AvgIpc) is 2.74. The molecule has 3 rings (SSSR count). The summed E-state index contributed by atoms with van der Waals surface area (Å²) in [7, 11) is 1.60. The number of pyridine rings is 1. The Kier molecular flexibility index (Phi) is 6.58. The van der Waals surface area contributed by atoms with E-state index in [4.69, 9.17) is 0 Å². The number of hydrogen-bond donors (Lipinski definition) is 1. The van der Waals surface area contributed by atoms with Crippen molar-refractivity contribution in [2.75, 3.05) is 7.05 Å². The molecule has 1 aliphatic rings. The van der Waals surface area contributed by atoms with Crippen molar-refractivity contribution >= 4 is 11.8 Å². The van der Waals surface area contributed by atoms with E-state index in [-0.39, 0.29) is 17.7 Å². The zero-order valence-electron chi connectivity index (χ0n) is 15.8. The number of carbonyl (C=O) groups is 2. The summed E-state index contributed by atoms with van der Waals surface area (Å²) in [5.74, 6) is -0.176. The minimum atomic E-state index is -0.731. The van der Waals surface area contributed by atoms with Crippen LogP contribution in [0.5, 0.6) is 0 Å². The van der Waals surface area contributed by atoms with Crippen LogP contribution < -0.4 is 5.32 Å². The van der Waals surface area contributed by atoms with E-state index in [2.05, 4.69) is 10.3 Å². The van der Waals surface area contributed by atoms with Crippen LogP contribution in [0.1, 0.15) is 49.4 Å². The molecular formula is C22H27N3O2. The number of rotatable bonds is 6. The summed E-state index contributed by atoms with van der Waals surface area (Å²) in [6, 6.07) is 14.6. The van der Waals surface area contributed by atoms with Crippen LogP contribution in [0.2, 0.25) is 0 Å². The zero-order valence-corrected chi connectivity index (χ0v) is 15.8. The molecule has 1 N–H and O–H groups in total. The van der Waals surface area contributed by atoms with Gasteiger partial charge in [0.05, 0.1) is 5.69 Å². The second-order valence-electron chi connectivity index (χ2n) is 7.06. The minimum absolute atomic E-state index is 0.0154. The lowest BCUT2D eigenvalue weighted by Gasteiger charge is -2.34. The molecule has 2 aromatic rings. The van der Waals surface area contributed by atoms with E-state index >= 15 is 0 Å². The first-order chi connectivity index (χ1) is 13.2. The lowest BCUT2D eigenvalue weighted by Crippen LogP contribution is -2.45. The Morgan fingerprint density at radius 1 is 1.07 bits per heavy atom. The first kappa shape index (κ1) is 19.1. The summed E-state index contributed by atoms with van der Waals surface area (Å²) in [4.78, 5) is 32.3. The summed E-state index contributed by atoms with van der Waals surface area (Å²) < 4.78 is 0. The van der Waals surface area contributed by atoms with Gasteiger partial charge in [0.2, 0.25) is 11.8 Å². The standard InChI is InChI=1S/C22H27N3O2/c1-23-21(26)20(19-14-8-9-15-24-19)25(16-17-10-4-2-5-11-17)22(27)18-12-6-3-7-13-18/h2,4-5,8-11,14-15,18,20H,3,6-7,12-13,16H2,1H3,(H,23,26). The van der Waals surface area contributed by atoms with Gasteiger partial charge in [-0.1, -0.05) is 55.7 Å². The second-order valence-corrected chi connectivity index (χ2v) is 7.06. The molecule has 1 aromatic carbocycles. The predicted octanol–water partition coefficient (Wildman–Crippen LogP) is 3.48. The summed E-state index contributed by atoms with van der Waals surface area (Å²) in [6.07, 6.45) is 6.78. The Bertz CT molecular complexity index is 743. The number of nitrogens with zero attached hydrogens (tertiary/aromatic N) is 2. The Hall–Kier alpha value is -2.69. The van der Waals surface area contributed by atoms with Crippen LogP contribution in [0.4, 0.5) is 0 Å². The lowest BCUT2D eigenvalue weighted by molar-refractivity contribution is -0.145. The van der Waals surface area contributed by atoms with E-state index < -0.39 is 6.04 Å². The van der Waals surface area contributed by atoms with Gasteiger partial charge in [0.25, 0.3) is 0 Å². The van der Waals surface area contributed by atoms with Crippen molar-refractivity contribution < 1.29 is 9.59 Å². The predicted molar refractivity (Wildman–Crippen MR) is 105 cm³/mol. The van der Waals surface area contributed by atoms with Crippen LogP contribution >= 0.6 is 0 Å². The fraction of sp³-hybridized carbons (Fsp3) is 0.409. The highest BCUT2D eigenvalue weighted by Crippen LogP contribution is 2.30. The fourth-order valence-corrected chi connectivity index (χ4v) is 3.77. The second kappa shape index (κ2) is 9.31. The molecule has 0 saturated heterocycles. The molecule has 0 radical (unpaired) electrons. The van der Waals surface area contributed by atoms with Gasteiger partial charge < -0.3 is 10.2 Å². The van der Waals surface area contributed by atoms with Crippen molar-refractivity contribution in [3.05, 3.63) is 66.0 Å². The minimum Gasteiger partial charge on any atom is -0.357 e. The van der Waals surface area contributed by atoms with E-state index in [9.17, 15) is 9.59 Å². The molecule has 1 heterocycles. The number of carbonyl (C=O) groups excluding carboxylic acids is 2. The SMILES string of the molecule is CNC(=O)C(c1ccccn1)N(Cc1ccccc1)C(=O)C1CCCCC1. The Balaban J connectivity index is 1.97. The zero-order chi connectivity index (χ0) is 19.1. The van der Waals surface area contributed by atoms with Crippen molar-refractivity contribution in [2.24, 2.45) is 5.92 Å². The third-order valence-electron chi connectivity index (χ3n) is 5.21. The molecule has 1 saturated carbocycles. The molecule has 1 aromatic heterocycles. The van der Waals surface area contributed by atoms with Crippen LogP contribution in [-0.4, -0.2) is 28.7 Å². The van der Waals surface area contributed by atoms with Gasteiger partial charge in [-0.05, 0) is 30.5 Å². The molecule has 27 heavy (non-hydrogen) atoms. The van der Waals surface area contributed by atoms with E-state index in [0.29, 0.717) is 12.2 Å². The number of likely N-dealkylation sites (N-methyl/N-ethyl adjacent to an activating group) is 1. The number of aromatic nitrogens is 1. The molecule has 1 aliphatic carbocycles. The monoisotopic (exact) mass is 365 g/mol. The molecule has 5 nitrogen and oxygen atoms in total. The molecule has 0 aliphatic heterocycles. The number of nitrogens with one attached hydrogen (secondary N) is 1. The maximum Gasteiger partial charge on any atom is 0.248 e. The van der Waals surface area contributed by atoms with Crippen molar-refractivity contribution in [1.82, 2.24) is 15.2 Å². The summed E-state index contributed by atoms with van der Waals surface area (Å²) in [5.41, 5.74) is 1.60. The first-order valence-electron chi connectivity index (χ1n) is 9.67. The smallest absolute Gasteiger partial charge is 0.248 e. The van der Waals surface area contributed by atoms with Crippen LogP contribution in [0.25, 0.3) is 0 Å². The molecule has 5 heteroatoms. The number of benzene rings is 1. The number of hydrogen-bond acceptors (Lipinski definition) is 3. The van der Waals surface area contributed by atoms with Gasteiger partial charge in [0, 0.05) is 25.7 Å². The van der Waals surface area contributed by atoms with Gasteiger partial charge in [-0.25, -0.2) is 0 Å². The molecular weight excluding hydrogens is 338 g/mol. The van der Waals surface area contributed by atoms with E-state index in [1.54, 1.807) is 18.1 Å². The summed E-state index contributed by atoms with van der Waals surface area (Å²) in [5, 5.41) is 2.71. The van der Waals surface area contributed by atoms with Crippen molar-refractivity contribution in [1.29, 1.82) is 0 Å². The highest BCUT2D eigenvalue weighted by Gasteiger charge is 2.35. The van der Waals surface area contributed by atoms with Crippen LogP contribution in [0.3, 0.4) is 0 Å². The van der Waals surface area contributed by atoms with Gasteiger partial charge in [-0.2, -0.15) is 0 Å². The van der Waals surface area contributed by atoms with E-state index in [1.807, 2.05) is 48.5 Å². The largest absolute Gasteiger partial charge is 0.357 e. The van der Waals surface area contributed by atoms with Crippen LogP contribution in [0, 0.1) is 5.92 Å². The normalized spacial score (nSPS) is 15.7. The highest BCUT2D eigenvalue weighted by molar-refractivity contribution is 5.89. The van der Waals surface area contributed by atoms with Crippen molar-refractivity contribution in [3.8, 4) is 0 Å². The molecule has 142 valence electrons. The maximum absolute atomic E-state index is 13.5. The lowest BCUT2D eigenvalue weighted by atomic mass is 9.87. The topological polar surface area (TPSA) is 62.3 Å². The third-order valence-corrected chi connectivity index (χ3v) is 5.21. The number of amides is 2. The Morgan fingerprint density at radius 3 is 2.41 bits per heavy atom. The summed E-state index contributed by atoms with van der Waals surface area (Å²) in [6.45, 7) is 0.394. The average molecular weight is 365 g/mol. The van der Waals surface area contributed by atoms with E-state index in [1.165, 1.54) is 6.42 Å². The van der Waals surface area contributed by atoms with Crippen LogP contribution in [-0.2, 0) is 16.1 Å². The quantitative estimate of drug-likeness (QED) is 0.852. The van der Waals surface area contributed by atoms with E-state index in [0.717, 1.165) is 31.2 Å². The Labute approximate surface area is 160 Å². The first-order valence-corrected chi connectivity index (χ1v) is 9.67. The molecule has 1 fully saturated rings. The van der Waals surface area contributed by atoms with Crippen LogP contribution in [0.15, 0.2) is 54.7 Å². The van der Waals surface area contributed by atoms with Crippen molar-refractivity contribution in [3.63, 3.8) is 0 Å². The maximum atomic E-state index is 13.5. The molecule has 0 spiro atoms. The summed E-state index contributed by atoms with van der Waals surface area (Å²) >= 11 is 0.